The summed E-state index contributed by atoms with van der Waals surface area (Å²) >= 11 is 0.999. The van der Waals surface area contributed by atoms with E-state index in [1.54, 1.807) is 5.32 Å². The Morgan fingerprint density at radius 1 is 1.20 bits per heavy atom. The van der Waals surface area contributed by atoms with Crippen molar-refractivity contribution in [1.29, 1.82) is 0 Å². The van der Waals surface area contributed by atoms with Crippen molar-refractivity contribution in [3.05, 3.63) is 30.1 Å². The number of carbonyl (C=O) groups excluding carboxylic acids is 4. The van der Waals surface area contributed by atoms with Crippen molar-refractivity contribution in [3.63, 3.8) is 0 Å². The molecule has 0 unspecified atom stereocenters. The Kier molecular flexibility index (Phi) is 7.86. The highest BCUT2D eigenvalue weighted by molar-refractivity contribution is 8.01. The van der Waals surface area contributed by atoms with Gasteiger partial charge in [-0.3, -0.25) is 19.7 Å². The third-order valence-corrected chi connectivity index (χ3v) is 3.95. The topological polar surface area (TPSA) is 128 Å². The number of thioether (sulfide) groups is 1. The zero-order valence-electron chi connectivity index (χ0n) is 13.6. The number of amides is 4. The third kappa shape index (κ3) is 7.66. The van der Waals surface area contributed by atoms with Crippen LogP contribution in [0.15, 0.2) is 24.3 Å². The normalized spacial score (nSPS) is 12.6. The fraction of sp³-hybridized carbons (Fsp3) is 0.333. The summed E-state index contributed by atoms with van der Waals surface area (Å²) in [7, 11) is 0. The molecule has 0 saturated carbocycles. The average Bonchev–Trinajstić information content (AvgIpc) is 2.54. The Hall–Kier alpha value is -2.62. The fourth-order valence-electron chi connectivity index (χ4n) is 1.55. The molecule has 0 spiro atoms. The van der Waals surface area contributed by atoms with Gasteiger partial charge >= 0.3 is 12.0 Å². The minimum Gasteiger partial charge on any atom is -0.452 e. The van der Waals surface area contributed by atoms with Crippen molar-refractivity contribution in [2.24, 2.45) is 5.73 Å². The number of nitrogens with one attached hydrogen (secondary N) is 2. The Bertz CT molecular complexity index is 653. The van der Waals surface area contributed by atoms with Crippen LogP contribution in [0.25, 0.3) is 0 Å². The largest absolute Gasteiger partial charge is 0.452 e. The van der Waals surface area contributed by atoms with Gasteiger partial charge < -0.3 is 15.8 Å². The number of primary amides is 1. The van der Waals surface area contributed by atoms with Crippen LogP contribution in [0, 0.1) is 5.82 Å². The molecule has 0 aromatic heterocycles. The van der Waals surface area contributed by atoms with Crippen LogP contribution < -0.4 is 16.4 Å². The number of ether oxygens (including phenoxy) is 1. The van der Waals surface area contributed by atoms with Gasteiger partial charge in [0.15, 0.2) is 6.10 Å². The molecule has 136 valence electrons. The van der Waals surface area contributed by atoms with Crippen LogP contribution in [0.3, 0.4) is 0 Å². The summed E-state index contributed by atoms with van der Waals surface area (Å²) in [5, 5.41) is 3.62. The summed E-state index contributed by atoms with van der Waals surface area (Å²) in [6.07, 6.45) is -1.20. The molecule has 2 atom stereocenters. The van der Waals surface area contributed by atoms with Crippen LogP contribution in [0.5, 0.6) is 0 Å². The zero-order chi connectivity index (χ0) is 19.0. The van der Waals surface area contributed by atoms with E-state index in [1.165, 1.54) is 38.1 Å². The van der Waals surface area contributed by atoms with E-state index in [-0.39, 0.29) is 11.7 Å². The van der Waals surface area contributed by atoms with Gasteiger partial charge in [0.05, 0.1) is 5.75 Å². The number of imide groups is 1. The first-order chi connectivity index (χ1) is 11.7. The molecule has 0 bridgehead atoms. The van der Waals surface area contributed by atoms with Crippen LogP contribution in [0.1, 0.15) is 13.8 Å². The maximum atomic E-state index is 12.8. The monoisotopic (exact) mass is 371 g/mol. The lowest BCUT2D eigenvalue weighted by atomic mass is 10.3. The highest BCUT2D eigenvalue weighted by Gasteiger charge is 2.23. The predicted molar refractivity (Wildman–Crippen MR) is 90.2 cm³/mol. The van der Waals surface area contributed by atoms with Gasteiger partial charge in [-0.1, -0.05) is 0 Å². The molecule has 1 rings (SSSR count). The van der Waals surface area contributed by atoms with E-state index in [2.05, 4.69) is 5.32 Å². The van der Waals surface area contributed by atoms with Crippen LogP contribution in [-0.4, -0.2) is 40.9 Å². The van der Waals surface area contributed by atoms with Gasteiger partial charge in [0.1, 0.15) is 11.1 Å². The van der Waals surface area contributed by atoms with Gasteiger partial charge in [0.2, 0.25) is 5.91 Å². The molecular formula is C15H18FN3O5S. The number of anilines is 1. The molecule has 25 heavy (non-hydrogen) atoms. The van der Waals surface area contributed by atoms with Crippen LogP contribution in [0.2, 0.25) is 0 Å². The molecule has 0 aliphatic rings. The molecule has 8 nitrogen and oxygen atoms in total. The van der Waals surface area contributed by atoms with Gasteiger partial charge in [-0.15, -0.1) is 11.8 Å². The maximum Gasteiger partial charge on any atom is 0.319 e. The average molecular weight is 371 g/mol. The van der Waals surface area contributed by atoms with Gasteiger partial charge in [-0.2, -0.15) is 0 Å². The minimum atomic E-state index is -1.20. The summed E-state index contributed by atoms with van der Waals surface area (Å²) in [6, 6.07) is 4.19. The van der Waals surface area contributed by atoms with E-state index in [4.69, 9.17) is 10.5 Å². The highest BCUT2D eigenvalue weighted by atomic mass is 32.2. The lowest BCUT2D eigenvalue weighted by molar-refractivity contribution is -0.153. The SMILES string of the molecule is C[C@H](SCC(=O)Nc1ccc(F)cc1)C(=O)O[C@H](C)C(=O)NC(N)=O. The summed E-state index contributed by atoms with van der Waals surface area (Å²) in [6.45, 7) is 2.80. The second kappa shape index (κ2) is 9.62. The lowest BCUT2D eigenvalue weighted by Gasteiger charge is -2.15. The molecule has 0 heterocycles. The van der Waals surface area contributed by atoms with Gasteiger partial charge in [-0.25, -0.2) is 9.18 Å². The van der Waals surface area contributed by atoms with Crippen LogP contribution in [0.4, 0.5) is 14.9 Å². The number of urea groups is 1. The van der Waals surface area contributed by atoms with Crippen LogP contribution >= 0.6 is 11.8 Å². The molecule has 0 radical (unpaired) electrons. The Labute approximate surface area is 147 Å². The number of rotatable bonds is 7. The molecule has 4 amide bonds. The number of carbonyl (C=O) groups is 4. The van der Waals surface area contributed by atoms with Crippen LogP contribution in [-0.2, 0) is 19.1 Å². The quantitative estimate of drug-likeness (QED) is 0.614. The molecule has 0 aliphatic carbocycles. The van der Waals surface area contributed by atoms with Gasteiger partial charge in [-0.05, 0) is 38.1 Å². The zero-order valence-corrected chi connectivity index (χ0v) is 14.4. The van der Waals surface area contributed by atoms with E-state index in [1.807, 2.05) is 0 Å². The molecule has 0 aliphatic heterocycles. The first-order valence-electron chi connectivity index (χ1n) is 7.17. The molecule has 10 heteroatoms. The second-order valence-electron chi connectivity index (χ2n) is 4.94. The van der Waals surface area contributed by atoms with Crippen molar-refractivity contribution in [2.45, 2.75) is 25.2 Å². The predicted octanol–water partition coefficient (Wildman–Crippen LogP) is 1.01. The highest BCUT2D eigenvalue weighted by Crippen LogP contribution is 2.15. The molecule has 0 fully saturated rings. The Morgan fingerprint density at radius 3 is 2.36 bits per heavy atom. The van der Waals surface area contributed by atoms with E-state index in [0.717, 1.165) is 11.8 Å². The number of nitrogens with two attached hydrogens (primary N) is 1. The molecule has 1 aromatic carbocycles. The Morgan fingerprint density at radius 2 is 1.80 bits per heavy atom. The van der Waals surface area contributed by atoms with Gasteiger partial charge in [0.25, 0.3) is 5.91 Å². The fourth-order valence-corrected chi connectivity index (χ4v) is 2.21. The summed E-state index contributed by atoms with van der Waals surface area (Å²) < 4.78 is 17.7. The molecule has 1 aromatic rings. The minimum absolute atomic E-state index is 0.0461. The van der Waals surface area contributed by atoms with E-state index in [0.29, 0.717) is 5.69 Å². The van der Waals surface area contributed by atoms with Crippen molar-refractivity contribution < 1.29 is 28.3 Å². The van der Waals surface area contributed by atoms with Crippen molar-refractivity contribution in [2.75, 3.05) is 11.1 Å². The van der Waals surface area contributed by atoms with Crippen molar-refractivity contribution in [1.82, 2.24) is 5.32 Å². The second-order valence-corrected chi connectivity index (χ2v) is 6.27. The van der Waals surface area contributed by atoms with E-state index in [9.17, 15) is 23.6 Å². The molecular weight excluding hydrogens is 353 g/mol. The van der Waals surface area contributed by atoms with Crippen molar-refractivity contribution >= 4 is 41.3 Å². The smallest absolute Gasteiger partial charge is 0.319 e. The summed E-state index contributed by atoms with van der Waals surface area (Å²) in [5.74, 6) is -2.40. The molecule has 0 saturated heterocycles. The first-order valence-corrected chi connectivity index (χ1v) is 8.21. The first kappa shape index (κ1) is 20.4. The van der Waals surface area contributed by atoms with Crippen molar-refractivity contribution in [3.8, 4) is 0 Å². The standard InChI is InChI=1S/C15H18FN3O5S/c1-8(13(21)19-15(17)23)24-14(22)9(2)25-7-12(20)18-11-5-3-10(16)4-6-11/h3-6,8-9H,7H2,1-2H3,(H,18,20)(H3,17,19,21,23)/t8-,9+/m1/s1. The van der Waals surface area contributed by atoms with Gasteiger partial charge in [0, 0.05) is 5.69 Å². The molecule has 4 N–H and O–H groups in total. The summed E-state index contributed by atoms with van der Waals surface area (Å²) in [5.41, 5.74) is 5.22. The number of benzene rings is 1. The number of hydrogen-bond acceptors (Lipinski definition) is 6. The Balaban J connectivity index is 2.39. The number of hydrogen-bond donors (Lipinski definition) is 3. The number of halogens is 1. The maximum absolute atomic E-state index is 12.8. The number of esters is 1. The summed E-state index contributed by atoms with van der Waals surface area (Å²) in [4.78, 5) is 45.6. The van der Waals surface area contributed by atoms with E-state index >= 15 is 0 Å². The van der Waals surface area contributed by atoms with E-state index < -0.39 is 35.1 Å². The third-order valence-electron chi connectivity index (χ3n) is 2.83. The lowest BCUT2D eigenvalue weighted by Crippen LogP contribution is -2.42.